The van der Waals surface area contributed by atoms with Crippen LogP contribution in [-0.2, 0) is 21.4 Å². The largest absolute Gasteiger partial charge is 0.338 e. The normalized spacial score (nSPS) is 15.2. The minimum Gasteiger partial charge on any atom is -0.338 e. The van der Waals surface area contributed by atoms with E-state index in [9.17, 15) is 18.0 Å². The van der Waals surface area contributed by atoms with Gasteiger partial charge in [-0.15, -0.1) is 0 Å². The average molecular weight is 468 g/mol. The summed E-state index contributed by atoms with van der Waals surface area (Å²) in [6.07, 6.45) is 3.60. The molecule has 1 saturated heterocycles. The highest BCUT2D eigenvalue weighted by Gasteiger charge is 2.26. The number of benzene rings is 1. The number of imide groups is 1. The highest BCUT2D eigenvalue weighted by atomic mass is 32.2. The van der Waals surface area contributed by atoms with E-state index in [1.165, 1.54) is 16.1 Å². The van der Waals surface area contributed by atoms with E-state index >= 15 is 0 Å². The van der Waals surface area contributed by atoms with Crippen LogP contribution in [0.3, 0.4) is 0 Å². The molecule has 1 aromatic heterocycles. The van der Waals surface area contributed by atoms with Gasteiger partial charge in [-0.3, -0.25) is 10.1 Å². The lowest BCUT2D eigenvalue weighted by atomic mass is 10.2. The van der Waals surface area contributed by atoms with Crippen molar-refractivity contribution in [3.63, 3.8) is 0 Å². The first-order chi connectivity index (χ1) is 14.9. The third-order valence-corrected chi connectivity index (χ3v) is 7.95. The number of rotatable bonds is 8. The molecule has 2 heterocycles. The van der Waals surface area contributed by atoms with Gasteiger partial charge in [-0.25, -0.2) is 18.2 Å². The maximum Gasteiger partial charge on any atom is 0.321 e. The van der Waals surface area contributed by atoms with E-state index in [4.69, 9.17) is 0 Å². The third-order valence-electron chi connectivity index (χ3n) is 5.07. The number of piperidine rings is 1. The van der Waals surface area contributed by atoms with Crippen molar-refractivity contribution in [1.29, 1.82) is 0 Å². The summed E-state index contributed by atoms with van der Waals surface area (Å²) in [7, 11) is -3.54. The molecule has 0 bridgehead atoms. The number of thioether (sulfide) groups is 1. The summed E-state index contributed by atoms with van der Waals surface area (Å²) >= 11 is 1.21. The molecule has 31 heavy (non-hydrogen) atoms. The number of hydrogen-bond donors (Lipinski definition) is 2. The summed E-state index contributed by atoms with van der Waals surface area (Å²) < 4.78 is 29.4. The number of imidazole rings is 1. The lowest BCUT2D eigenvalue weighted by Gasteiger charge is -2.25. The molecule has 3 amide bonds. The highest BCUT2D eigenvalue weighted by Crippen LogP contribution is 2.28. The average Bonchev–Trinajstić information content (AvgIpc) is 3.13. The molecule has 9 nitrogen and oxygen atoms in total. The molecule has 0 saturated carbocycles. The van der Waals surface area contributed by atoms with Gasteiger partial charge in [0.05, 0.1) is 21.7 Å². The van der Waals surface area contributed by atoms with Gasteiger partial charge in [-0.2, -0.15) is 4.31 Å². The van der Waals surface area contributed by atoms with E-state index < -0.39 is 22.0 Å². The Balaban J connectivity index is 1.76. The maximum atomic E-state index is 13.0. The van der Waals surface area contributed by atoms with Gasteiger partial charge < -0.3 is 9.88 Å². The fraction of sp³-hybridized carbons (Fsp3) is 0.550. The zero-order chi connectivity index (χ0) is 22.4. The molecular formula is C20H29N5O4S2. The number of sulfonamides is 1. The topological polar surface area (TPSA) is 113 Å². The van der Waals surface area contributed by atoms with Gasteiger partial charge >= 0.3 is 6.03 Å². The van der Waals surface area contributed by atoms with E-state index in [-0.39, 0.29) is 10.6 Å². The Morgan fingerprint density at radius 2 is 1.90 bits per heavy atom. The number of hydrogen-bond acceptors (Lipinski definition) is 6. The number of urea groups is 1. The number of nitrogens with zero attached hydrogens (tertiary/aromatic N) is 3. The van der Waals surface area contributed by atoms with Crippen LogP contribution in [0.5, 0.6) is 0 Å². The van der Waals surface area contributed by atoms with Gasteiger partial charge in [0.15, 0.2) is 5.16 Å². The summed E-state index contributed by atoms with van der Waals surface area (Å²) in [6.45, 7) is 6.10. The van der Waals surface area contributed by atoms with Gasteiger partial charge in [0, 0.05) is 26.2 Å². The first-order valence-corrected chi connectivity index (χ1v) is 13.0. The van der Waals surface area contributed by atoms with Crippen LogP contribution >= 0.6 is 11.8 Å². The molecule has 1 aliphatic rings. The monoisotopic (exact) mass is 467 g/mol. The van der Waals surface area contributed by atoms with Gasteiger partial charge in [0.25, 0.3) is 0 Å². The standard InChI is InChI=1S/C20H29N5O4S2/c1-3-10-21-19(27)23-18(26)14-30-20-22-16-13-15(8-9-17(16)25(20)4-2)31(28,29)24-11-6-5-7-12-24/h8-9,13H,3-7,10-12,14H2,1-2H3,(H2,21,23,26,27). The first kappa shape index (κ1) is 23.6. The van der Waals surface area contributed by atoms with Crippen molar-refractivity contribution in [2.45, 2.75) is 56.1 Å². The third kappa shape index (κ3) is 5.58. The van der Waals surface area contributed by atoms with Crippen LogP contribution in [0, 0.1) is 0 Å². The van der Waals surface area contributed by atoms with Crippen molar-refractivity contribution in [3.05, 3.63) is 18.2 Å². The molecule has 0 unspecified atom stereocenters. The van der Waals surface area contributed by atoms with E-state index in [1.807, 2.05) is 18.4 Å². The molecule has 0 radical (unpaired) electrons. The van der Waals surface area contributed by atoms with Crippen LogP contribution < -0.4 is 10.6 Å². The van der Waals surface area contributed by atoms with Crippen molar-refractivity contribution in [1.82, 2.24) is 24.5 Å². The van der Waals surface area contributed by atoms with Crippen molar-refractivity contribution in [2.24, 2.45) is 0 Å². The summed E-state index contributed by atoms with van der Waals surface area (Å²) in [5, 5.41) is 5.49. The first-order valence-electron chi connectivity index (χ1n) is 10.6. The zero-order valence-electron chi connectivity index (χ0n) is 17.9. The lowest BCUT2D eigenvalue weighted by Crippen LogP contribution is -2.40. The van der Waals surface area contributed by atoms with Gasteiger partial charge in [-0.1, -0.05) is 25.1 Å². The summed E-state index contributed by atoms with van der Waals surface area (Å²) in [5.74, 6) is -0.386. The van der Waals surface area contributed by atoms with Gasteiger partial charge in [-0.05, 0) is 44.4 Å². The molecule has 170 valence electrons. The molecular weight excluding hydrogens is 438 g/mol. The Kier molecular flexibility index (Phi) is 7.95. The molecule has 1 aromatic carbocycles. The molecule has 1 fully saturated rings. The molecule has 2 N–H and O–H groups in total. The maximum absolute atomic E-state index is 13.0. The Hall–Kier alpha value is -2.11. The van der Waals surface area contributed by atoms with Crippen LogP contribution in [0.1, 0.15) is 39.5 Å². The van der Waals surface area contributed by atoms with Crippen molar-refractivity contribution < 1.29 is 18.0 Å². The number of carbonyl (C=O) groups excluding carboxylic acids is 2. The fourth-order valence-corrected chi connectivity index (χ4v) is 5.91. The number of aromatic nitrogens is 2. The summed E-state index contributed by atoms with van der Waals surface area (Å²) in [5.41, 5.74) is 1.38. The van der Waals surface area contributed by atoms with Gasteiger partial charge in [0.2, 0.25) is 15.9 Å². The molecule has 3 rings (SSSR count). The zero-order valence-corrected chi connectivity index (χ0v) is 19.5. The summed E-state index contributed by atoms with van der Waals surface area (Å²) in [6, 6.07) is 4.49. The van der Waals surface area contributed by atoms with E-state index in [2.05, 4.69) is 15.6 Å². The van der Waals surface area contributed by atoms with Crippen LogP contribution in [0.25, 0.3) is 11.0 Å². The number of amides is 3. The fourth-order valence-electron chi connectivity index (χ4n) is 3.49. The smallest absolute Gasteiger partial charge is 0.321 e. The van der Waals surface area contributed by atoms with Crippen LogP contribution in [0.2, 0.25) is 0 Å². The number of aryl methyl sites for hydroxylation is 1. The Bertz CT molecular complexity index is 1050. The molecule has 1 aliphatic heterocycles. The minimum atomic E-state index is -3.54. The van der Waals surface area contributed by atoms with Crippen molar-refractivity contribution in [3.8, 4) is 0 Å². The molecule has 2 aromatic rings. The quantitative estimate of drug-likeness (QED) is 0.577. The lowest BCUT2D eigenvalue weighted by molar-refractivity contribution is -0.117. The minimum absolute atomic E-state index is 0.0296. The second-order valence-electron chi connectivity index (χ2n) is 7.35. The van der Waals surface area contributed by atoms with E-state index in [1.54, 1.807) is 18.2 Å². The predicted molar refractivity (Wildman–Crippen MR) is 121 cm³/mol. The molecule has 11 heteroatoms. The SMILES string of the molecule is CCCNC(=O)NC(=O)CSc1nc2cc(S(=O)(=O)N3CCCCC3)ccc2n1CC. The molecule has 0 spiro atoms. The van der Waals surface area contributed by atoms with E-state index in [0.29, 0.717) is 36.9 Å². The van der Waals surface area contributed by atoms with E-state index in [0.717, 1.165) is 31.2 Å². The van der Waals surface area contributed by atoms with Crippen molar-refractivity contribution >= 4 is 44.8 Å². The number of nitrogens with one attached hydrogen (secondary N) is 2. The second kappa shape index (κ2) is 10.5. The predicted octanol–water partition coefficient (Wildman–Crippen LogP) is 2.56. The molecule has 0 aliphatic carbocycles. The van der Waals surface area contributed by atoms with Gasteiger partial charge in [0.1, 0.15) is 0 Å². The Morgan fingerprint density at radius 1 is 1.16 bits per heavy atom. The van der Waals surface area contributed by atoms with Crippen molar-refractivity contribution in [2.75, 3.05) is 25.4 Å². The molecule has 0 atom stereocenters. The highest BCUT2D eigenvalue weighted by molar-refractivity contribution is 7.99. The Labute approximate surface area is 187 Å². The summed E-state index contributed by atoms with van der Waals surface area (Å²) in [4.78, 5) is 28.5. The number of fused-ring (bicyclic) bond motifs is 1. The second-order valence-corrected chi connectivity index (χ2v) is 10.2. The van der Waals surface area contributed by atoms with Crippen LogP contribution in [0.4, 0.5) is 4.79 Å². The number of carbonyl (C=O) groups is 2. The van der Waals surface area contributed by atoms with Crippen LogP contribution in [-0.4, -0.2) is 59.6 Å². The van der Waals surface area contributed by atoms with Crippen LogP contribution in [0.15, 0.2) is 28.3 Å². The Morgan fingerprint density at radius 3 is 2.58 bits per heavy atom.